The van der Waals surface area contributed by atoms with Crippen molar-refractivity contribution in [1.29, 1.82) is 0 Å². The van der Waals surface area contributed by atoms with E-state index < -0.39 is 0 Å². The molecule has 0 aromatic heterocycles. The molecule has 1 aliphatic heterocycles. The van der Waals surface area contributed by atoms with Gasteiger partial charge in [0.2, 0.25) is 0 Å². The zero-order chi connectivity index (χ0) is 17.4. The first-order valence-electron chi connectivity index (χ1n) is 8.40. The van der Waals surface area contributed by atoms with Gasteiger partial charge in [-0.05, 0) is 59.4 Å². The zero-order valence-electron chi connectivity index (χ0n) is 13.7. The van der Waals surface area contributed by atoms with Crippen LogP contribution >= 0.6 is 34.8 Å². The highest BCUT2D eigenvalue weighted by atomic mass is 35.5. The van der Waals surface area contributed by atoms with Crippen molar-refractivity contribution in [2.45, 2.75) is 12.8 Å². The molecule has 0 N–H and O–H groups in total. The van der Waals surface area contributed by atoms with Gasteiger partial charge in [0.05, 0.1) is 10.0 Å². The Morgan fingerprint density at radius 3 is 2.72 bits per heavy atom. The van der Waals surface area contributed by atoms with Crippen LogP contribution in [0.3, 0.4) is 0 Å². The smallest absolute Gasteiger partial charge is 0.120 e. The average molecular weight is 395 g/mol. The lowest BCUT2D eigenvalue weighted by Gasteiger charge is -2.28. The fourth-order valence-corrected chi connectivity index (χ4v) is 4.10. The number of hydrogen-bond donors (Lipinski definition) is 0. The second-order valence-electron chi connectivity index (χ2n) is 6.51. The van der Waals surface area contributed by atoms with Crippen molar-refractivity contribution in [2.24, 2.45) is 0 Å². The topological polar surface area (TPSA) is 12.5 Å². The normalized spacial score (nSPS) is 16.8. The molecule has 130 valence electrons. The molecule has 0 saturated carbocycles. The predicted octanol–water partition coefficient (Wildman–Crippen LogP) is 5.74. The van der Waals surface area contributed by atoms with Gasteiger partial charge in [0, 0.05) is 30.7 Å². The van der Waals surface area contributed by atoms with Crippen molar-refractivity contribution in [3.8, 4) is 5.75 Å². The molecule has 1 aliphatic carbocycles. The fraction of sp³-hybridized carbons (Fsp3) is 0.300. The quantitative estimate of drug-likeness (QED) is 0.655. The van der Waals surface area contributed by atoms with Crippen LogP contribution in [-0.2, 0) is 6.42 Å². The third-order valence-electron chi connectivity index (χ3n) is 4.89. The molecule has 2 aromatic rings. The maximum Gasteiger partial charge on any atom is 0.120 e. The van der Waals surface area contributed by atoms with E-state index in [9.17, 15) is 0 Å². The SMILES string of the molecule is Clc1ccc2c(c1)C1=C(C2)CN(CCOc2ccc(Cl)c(Cl)c2)CC1. The molecule has 0 atom stereocenters. The minimum absolute atomic E-state index is 0.523. The standard InChI is InChI=1S/C20H18Cl3NO/c21-15-2-1-13-9-14-12-24(6-5-17(14)18(13)10-15)7-8-25-16-3-4-19(22)20(23)11-16/h1-4,10-11H,5-9,12H2. The molecule has 0 saturated heterocycles. The van der Waals surface area contributed by atoms with E-state index in [-0.39, 0.29) is 0 Å². The summed E-state index contributed by atoms with van der Waals surface area (Å²) in [7, 11) is 0. The van der Waals surface area contributed by atoms with Crippen molar-refractivity contribution in [1.82, 2.24) is 4.90 Å². The van der Waals surface area contributed by atoms with Crippen LogP contribution < -0.4 is 4.74 Å². The molecule has 1 heterocycles. The maximum atomic E-state index is 6.16. The minimum Gasteiger partial charge on any atom is -0.492 e. The van der Waals surface area contributed by atoms with Gasteiger partial charge in [-0.2, -0.15) is 0 Å². The van der Waals surface area contributed by atoms with Gasteiger partial charge in [0.25, 0.3) is 0 Å². The molecule has 0 amide bonds. The second-order valence-corrected chi connectivity index (χ2v) is 7.76. The van der Waals surface area contributed by atoms with Crippen LogP contribution in [0.4, 0.5) is 0 Å². The van der Waals surface area contributed by atoms with E-state index in [2.05, 4.69) is 17.0 Å². The third kappa shape index (κ3) is 3.68. The van der Waals surface area contributed by atoms with E-state index in [1.165, 1.54) is 22.3 Å². The lowest BCUT2D eigenvalue weighted by Crippen LogP contribution is -2.34. The van der Waals surface area contributed by atoms with E-state index in [0.29, 0.717) is 16.7 Å². The van der Waals surface area contributed by atoms with Gasteiger partial charge in [-0.3, -0.25) is 4.90 Å². The first-order chi connectivity index (χ1) is 12.1. The van der Waals surface area contributed by atoms with Gasteiger partial charge in [-0.25, -0.2) is 0 Å². The summed E-state index contributed by atoms with van der Waals surface area (Å²) < 4.78 is 5.82. The minimum atomic E-state index is 0.523. The van der Waals surface area contributed by atoms with Gasteiger partial charge in [-0.1, -0.05) is 40.9 Å². The Kier molecular flexibility index (Phi) is 4.97. The molecule has 0 radical (unpaired) electrons. The highest BCUT2D eigenvalue weighted by Crippen LogP contribution is 2.39. The summed E-state index contributed by atoms with van der Waals surface area (Å²) in [5.74, 6) is 0.759. The Balaban J connectivity index is 1.34. The van der Waals surface area contributed by atoms with Gasteiger partial charge in [0.1, 0.15) is 12.4 Å². The summed E-state index contributed by atoms with van der Waals surface area (Å²) in [6.45, 7) is 3.59. The Morgan fingerprint density at radius 2 is 1.88 bits per heavy atom. The first kappa shape index (κ1) is 17.2. The molecule has 5 heteroatoms. The number of nitrogens with zero attached hydrogens (tertiary/aromatic N) is 1. The average Bonchev–Trinajstić information content (AvgIpc) is 2.95. The molecule has 25 heavy (non-hydrogen) atoms. The summed E-state index contributed by atoms with van der Waals surface area (Å²) in [6.07, 6.45) is 2.13. The van der Waals surface area contributed by atoms with Crippen molar-refractivity contribution < 1.29 is 4.74 Å². The Hall–Kier alpha value is -1.19. The second kappa shape index (κ2) is 7.20. The van der Waals surface area contributed by atoms with Crippen molar-refractivity contribution in [3.05, 3.63) is 68.2 Å². The highest BCUT2D eigenvalue weighted by Gasteiger charge is 2.26. The molecular weight excluding hydrogens is 377 g/mol. The summed E-state index contributed by atoms with van der Waals surface area (Å²) in [6, 6.07) is 11.6. The number of halogens is 3. The molecule has 0 unspecified atom stereocenters. The monoisotopic (exact) mass is 393 g/mol. The third-order valence-corrected chi connectivity index (χ3v) is 5.86. The number of benzene rings is 2. The predicted molar refractivity (Wildman–Crippen MR) is 105 cm³/mol. The molecule has 0 bridgehead atoms. The van der Waals surface area contributed by atoms with Crippen LogP contribution in [-0.4, -0.2) is 31.1 Å². The van der Waals surface area contributed by atoms with Crippen molar-refractivity contribution in [3.63, 3.8) is 0 Å². The number of hydrogen-bond acceptors (Lipinski definition) is 2. The van der Waals surface area contributed by atoms with Crippen LogP contribution in [0.5, 0.6) is 5.75 Å². The van der Waals surface area contributed by atoms with Gasteiger partial charge < -0.3 is 4.74 Å². The Labute approximate surface area is 162 Å². The maximum absolute atomic E-state index is 6.16. The highest BCUT2D eigenvalue weighted by molar-refractivity contribution is 6.42. The summed E-state index contributed by atoms with van der Waals surface area (Å²) in [5.41, 5.74) is 5.79. The number of ether oxygens (including phenoxy) is 1. The molecule has 0 fully saturated rings. The molecular formula is C20H18Cl3NO. The van der Waals surface area contributed by atoms with E-state index in [4.69, 9.17) is 39.5 Å². The molecule has 2 nitrogen and oxygen atoms in total. The van der Waals surface area contributed by atoms with Crippen LogP contribution in [0, 0.1) is 0 Å². The number of fused-ring (bicyclic) bond motifs is 2. The molecule has 0 spiro atoms. The fourth-order valence-electron chi connectivity index (χ4n) is 3.64. The van der Waals surface area contributed by atoms with E-state index >= 15 is 0 Å². The summed E-state index contributed by atoms with van der Waals surface area (Å²) >= 11 is 18.1. The Morgan fingerprint density at radius 1 is 1.00 bits per heavy atom. The number of rotatable bonds is 4. The Bertz CT molecular complexity index is 847. The van der Waals surface area contributed by atoms with Gasteiger partial charge in [-0.15, -0.1) is 0 Å². The molecule has 2 aliphatic rings. The van der Waals surface area contributed by atoms with E-state index in [1.807, 2.05) is 12.1 Å². The van der Waals surface area contributed by atoms with Crippen LogP contribution in [0.15, 0.2) is 42.0 Å². The van der Waals surface area contributed by atoms with E-state index in [0.717, 1.165) is 43.2 Å². The van der Waals surface area contributed by atoms with Crippen molar-refractivity contribution in [2.75, 3.05) is 26.2 Å². The van der Waals surface area contributed by atoms with Crippen LogP contribution in [0.2, 0.25) is 15.1 Å². The lowest BCUT2D eigenvalue weighted by atomic mass is 9.99. The lowest BCUT2D eigenvalue weighted by molar-refractivity contribution is 0.218. The first-order valence-corrected chi connectivity index (χ1v) is 9.53. The summed E-state index contributed by atoms with van der Waals surface area (Å²) in [4.78, 5) is 2.45. The van der Waals surface area contributed by atoms with Gasteiger partial charge >= 0.3 is 0 Å². The summed E-state index contributed by atoms with van der Waals surface area (Å²) in [5, 5.41) is 1.89. The molecule has 4 rings (SSSR count). The van der Waals surface area contributed by atoms with Crippen LogP contribution in [0.25, 0.3) is 5.57 Å². The molecule has 2 aromatic carbocycles. The van der Waals surface area contributed by atoms with Crippen LogP contribution in [0.1, 0.15) is 17.5 Å². The van der Waals surface area contributed by atoms with E-state index in [1.54, 1.807) is 12.1 Å². The zero-order valence-corrected chi connectivity index (χ0v) is 16.0. The largest absolute Gasteiger partial charge is 0.492 e. The van der Waals surface area contributed by atoms with Crippen molar-refractivity contribution >= 4 is 40.4 Å². The van der Waals surface area contributed by atoms with Gasteiger partial charge in [0.15, 0.2) is 0 Å².